The monoisotopic (exact) mass is 382 g/mol. The molecule has 0 aromatic heterocycles. The highest BCUT2D eigenvalue weighted by Gasteiger charge is 2.20. The lowest BCUT2D eigenvalue weighted by molar-refractivity contribution is 0.919. The molecule has 2 aromatic rings. The van der Waals surface area contributed by atoms with Crippen molar-refractivity contribution in [2.75, 3.05) is 0 Å². The molecule has 0 aliphatic rings. The minimum Gasteiger partial charge on any atom is -0.348 e. The number of aryl methyl sites for hydroxylation is 3. The van der Waals surface area contributed by atoms with E-state index >= 15 is 0 Å². The van der Waals surface area contributed by atoms with Crippen LogP contribution in [0.1, 0.15) is 63.3 Å². The zero-order chi connectivity index (χ0) is 20.0. The van der Waals surface area contributed by atoms with Crippen LogP contribution < -0.4 is 5.09 Å². The van der Waals surface area contributed by atoms with Crippen LogP contribution in [0, 0.1) is 13.8 Å². The van der Waals surface area contributed by atoms with Crippen LogP contribution in [0.3, 0.4) is 0 Å². The predicted octanol–water partition coefficient (Wildman–Crippen LogP) is 7.14. The molecule has 146 valence electrons. The highest BCUT2D eigenvalue weighted by atomic mass is 31.1. The number of hydrogen-bond donors (Lipinski definition) is 1. The minimum absolute atomic E-state index is 0.353. The van der Waals surface area contributed by atoms with Crippen LogP contribution in [0.5, 0.6) is 0 Å². The van der Waals surface area contributed by atoms with Gasteiger partial charge in [0.2, 0.25) is 0 Å². The van der Waals surface area contributed by atoms with Crippen molar-refractivity contribution in [3.8, 4) is 0 Å². The van der Waals surface area contributed by atoms with Crippen molar-refractivity contribution in [3.63, 3.8) is 0 Å². The number of para-hydroxylation sites is 1. The van der Waals surface area contributed by atoms with Gasteiger partial charge in [0.05, 0.1) is 5.69 Å². The summed E-state index contributed by atoms with van der Waals surface area (Å²) in [6, 6.07) is 15.2. The molecule has 2 nitrogen and oxygen atoms in total. The third-order valence-corrected chi connectivity index (χ3v) is 7.43. The molecule has 0 atom stereocenters. The quantitative estimate of drug-likeness (QED) is 0.307. The number of aliphatic imine (C=N–C) groups is 1. The number of nitrogens with zero attached hydrogens (tertiary/aromatic N) is 1. The van der Waals surface area contributed by atoms with E-state index in [9.17, 15) is 0 Å². The van der Waals surface area contributed by atoms with Gasteiger partial charge in [0.1, 0.15) is 5.84 Å². The maximum Gasteiger partial charge on any atom is 0.137 e. The second-order valence-corrected chi connectivity index (χ2v) is 11.0. The van der Waals surface area contributed by atoms with Gasteiger partial charge >= 0.3 is 0 Å². The van der Waals surface area contributed by atoms with E-state index in [0.29, 0.717) is 11.3 Å². The van der Waals surface area contributed by atoms with Crippen molar-refractivity contribution in [3.05, 3.63) is 64.7 Å². The maximum absolute atomic E-state index is 5.20. The predicted molar refractivity (Wildman–Crippen MR) is 123 cm³/mol. The van der Waals surface area contributed by atoms with Gasteiger partial charge in [-0.3, -0.25) is 0 Å². The third-order valence-electron chi connectivity index (χ3n) is 4.74. The van der Waals surface area contributed by atoms with Crippen LogP contribution in [-0.2, 0) is 6.42 Å². The number of hydrogen-bond acceptors (Lipinski definition) is 1. The van der Waals surface area contributed by atoms with E-state index in [2.05, 4.69) is 96.0 Å². The van der Waals surface area contributed by atoms with Crippen LogP contribution in [0.2, 0.25) is 0 Å². The van der Waals surface area contributed by atoms with E-state index in [0.717, 1.165) is 24.4 Å². The molecule has 0 aliphatic carbocycles. The molecule has 0 heterocycles. The Balaban J connectivity index is 2.55. The Morgan fingerprint density at radius 1 is 0.963 bits per heavy atom. The smallest absolute Gasteiger partial charge is 0.137 e. The summed E-state index contributed by atoms with van der Waals surface area (Å²) in [4.78, 5) is 5.20. The summed E-state index contributed by atoms with van der Waals surface area (Å²) in [5.41, 5.74) is 7.35. The first kappa shape index (κ1) is 21.6. The largest absolute Gasteiger partial charge is 0.348 e. The molecule has 0 saturated heterocycles. The summed E-state index contributed by atoms with van der Waals surface area (Å²) >= 11 is 0. The third kappa shape index (κ3) is 5.91. The fraction of sp³-hybridized carbons (Fsp3) is 0.458. The Labute approximate surface area is 167 Å². The van der Waals surface area contributed by atoms with E-state index in [1.807, 2.05) is 0 Å². The van der Waals surface area contributed by atoms with Gasteiger partial charge in [-0.05, 0) is 50.8 Å². The van der Waals surface area contributed by atoms with Crippen molar-refractivity contribution in [2.24, 2.45) is 4.99 Å². The molecule has 2 aromatic carbocycles. The first-order chi connectivity index (χ1) is 12.8. The van der Waals surface area contributed by atoms with Crippen LogP contribution in [0.4, 0.5) is 5.69 Å². The maximum atomic E-state index is 5.20. The van der Waals surface area contributed by atoms with Gasteiger partial charge in [-0.15, -0.1) is 0 Å². The van der Waals surface area contributed by atoms with Gasteiger partial charge in [0.15, 0.2) is 0 Å². The van der Waals surface area contributed by atoms with E-state index in [4.69, 9.17) is 4.99 Å². The summed E-state index contributed by atoms with van der Waals surface area (Å²) in [7, 11) is -0.353. The number of rotatable bonds is 7. The summed E-state index contributed by atoms with van der Waals surface area (Å²) in [5, 5.41) is 3.85. The summed E-state index contributed by atoms with van der Waals surface area (Å²) in [6.45, 7) is 15.8. The molecular weight excluding hydrogens is 347 g/mol. The zero-order valence-corrected chi connectivity index (χ0v) is 18.9. The van der Waals surface area contributed by atoms with Gasteiger partial charge in [0, 0.05) is 5.56 Å². The Bertz CT molecular complexity index is 752. The number of nitrogens with one attached hydrogen (secondary N) is 1. The molecule has 27 heavy (non-hydrogen) atoms. The van der Waals surface area contributed by atoms with Gasteiger partial charge in [-0.2, -0.15) is 0 Å². The van der Waals surface area contributed by atoms with E-state index in [-0.39, 0.29) is 8.07 Å². The van der Waals surface area contributed by atoms with Crippen LogP contribution in [-0.4, -0.2) is 17.2 Å². The van der Waals surface area contributed by atoms with Crippen molar-refractivity contribution in [1.29, 1.82) is 0 Å². The molecule has 0 bridgehead atoms. The van der Waals surface area contributed by atoms with Gasteiger partial charge in [0.25, 0.3) is 0 Å². The highest BCUT2D eigenvalue weighted by molar-refractivity contribution is 7.57. The standard InChI is InChI=1S/C24H35N2P/c1-8-10-21-12-9-11-20(7)23(21)25-24(22-15-13-19(6)14-16-22)26-27(17(2)3)18(4)5/h9,11-18H,8,10H2,1-7H3,(H,25,26). The first-order valence-corrected chi connectivity index (χ1v) is 11.6. The SMILES string of the molecule is CCCc1cccc(C)c1N=C(NP(C(C)C)C(C)C)c1ccc(C)cc1. The summed E-state index contributed by atoms with van der Waals surface area (Å²) in [6.07, 6.45) is 2.19. The number of amidine groups is 1. The van der Waals surface area contributed by atoms with Crippen molar-refractivity contribution < 1.29 is 0 Å². The van der Waals surface area contributed by atoms with E-state index in [1.165, 1.54) is 22.3 Å². The molecule has 3 heteroatoms. The Morgan fingerprint density at radius 3 is 2.15 bits per heavy atom. The van der Waals surface area contributed by atoms with Crippen molar-refractivity contribution in [1.82, 2.24) is 5.09 Å². The lowest BCUT2D eigenvalue weighted by Gasteiger charge is -2.28. The Morgan fingerprint density at radius 2 is 1.59 bits per heavy atom. The summed E-state index contributed by atoms with van der Waals surface area (Å²) < 4.78 is 0. The van der Waals surface area contributed by atoms with Crippen LogP contribution in [0.15, 0.2) is 47.5 Å². The average Bonchev–Trinajstić information content (AvgIpc) is 2.61. The molecule has 0 aliphatic heterocycles. The molecule has 2 rings (SSSR count). The fourth-order valence-corrected chi connectivity index (χ4v) is 5.44. The second-order valence-electron chi connectivity index (χ2n) is 7.87. The molecule has 0 unspecified atom stereocenters. The lowest BCUT2D eigenvalue weighted by Crippen LogP contribution is -2.26. The molecule has 0 saturated carbocycles. The molecule has 0 fully saturated rings. The van der Waals surface area contributed by atoms with Gasteiger partial charge in [-0.25, -0.2) is 4.99 Å². The molecule has 0 amide bonds. The molecule has 0 spiro atoms. The average molecular weight is 383 g/mol. The Kier molecular flexibility index (Phi) is 8.05. The topological polar surface area (TPSA) is 24.4 Å². The van der Waals surface area contributed by atoms with Gasteiger partial charge in [-0.1, -0.05) is 89.1 Å². The van der Waals surface area contributed by atoms with E-state index < -0.39 is 0 Å². The number of benzene rings is 2. The van der Waals surface area contributed by atoms with Crippen molar-refractivity contribution >= 4 is 19.6 Å². The molecule has 0 radical (unpaired) electrons. The van der Waals surface area contributed by atoms with E-state index in [1.54, 1.807) is 0 Å². The van der Waals surface area contributed by atoms with Crippen LogP contribution >= 0.6 is 8.07 Å². The van der Waals surface area contributed by atoms with Gasteiger partial charge < -0.3 is 5.09 Å². The fourth-order valence-electron chi connectivity index (χ4n) is 3.30. The van der Waals surface area contributed by atoms with Crippen LogP contribution in [0.25, 0.3) is 0 Å². The highest BCUT2D eigenvalue weighted by Crippen LogP contribution is 2.42. The zero-order valence-electron chi connectivity index (χ0n) is 18.0. The first-order valence-electron chi connectivity index (χ1n) is 10.1. The molecule has 1 N–H and O–H groups in total. The Hall–Kier alpha value is -1.66. The normalized spacial score (nSPS) is 12.3. The second kappa shape index (κ2) is 10.0. The summed E-state index contributed by atoms with van der Waals surface area (Å²) in [5.74, 6) is 1.01. The molecular formula is C24H35N2P. The van der Waals surface area contributed by atoms with Crippen molar-refractivity contribution in [2.45, 2.75) is 72.6 Å². The minimum atomic E-state index is -0.353. The lowest BCUT2D eigenvalue weighted by atomic mass is 10.0.